The number of piperidine rings is 1. The Balaban J connectivity index is 1.88. The Bertz CT molecular complexity index is 422. The molecular formula is C14H18BrNO2. The SMILES string of the molecule is CC1CCCNC1C(=O)OCc1cccc(Br)c1. The average Bonchev–Trinajstić information content (AvgIpc) is 2.37. The third-order valence-corrected chi connectivity index (χ3v) is 3.79. The van der Waals surface area contributed by atoms with Crippen molar-refractivity contribution in [3.63, 3.8) is 0 Å². The van der Waals surface area contributed by atoms with E-state index in [2.05, 4.69) is 28.2 Å². The van der Waals surface area contributed by atoms with Crippen LogP contribution in [0.4, 0.5) is 0 Å². The lowest BCUT2D eigenvalue weighted by molar-refractivity contribution is -0.149. The zero-order valence-electron chi connectivity index (χ0n) is 10.5. The first-order valence-corrected chi connectivity index (χ1v) is 7.10. The number of rotatable bonds is 3. The maximum atomic E-state index is 12.0. The molecule has 1 aliphatic heterocycles. The predicted molar refractivity (Wildman–Crippen MR) is 74.1 cm³/mol. The van der Waals surface area contributed by atoms with Gasteiger partial charge in [-0.2, -0.15) is 0 Å². The highest BCUT2D eigenvalue weighted by molar-refractivity contribution is 9.10. The van der Waals surface area contributed by atoms with Crippen LogP contribution in [0.2, 0.25) is 0 Å². The van der Waals surface area contributed by atoms with Gasteiger partial charge in [-0.05, 0) is 43.0 Å². The van der Waals surface area contributed by atoms with Gasteiger partial charge in [0.05, 0.1) is 0 Å². The van der Waals surface area contributed by atoms with Gasteiger partial charge in [0, 0.05) is 4.47 Å². The molecule has 0 radical (unpaired) electrons. The van der Waals surface area contributed by atoms with E-state index in [0.717, 1.165) is 29.4 Å². The summed E-state index contributed by atoms with van der Waals surface area (Å²) in [6.45, 7) is 3.33. The van der Waals surface area contributed by atoms with Crippen LogP contribution in [0.1, 0.15) is 25.3 Å². The topological polar surface area (TPSA) is 38.3 Å². The van der Waals surface area contributed by atoms with E-state index >= 15 is 0 Å². The number of benzene rings is 1. The summed E-state index contributed by atoms with van der Waals surface area (Å²) in [6.07, 6.45) is 2.22. The molecule has 0 bridgehead atoms. The maximum Gasteiger partial charge on any atom is 0.323 e. The van der Waals surface area contributed by atoms with Gasteiger partial charge in [0.1, 0.15) is 12.6 Å². The van der Waals surface area contributed by atoms with Crippen LogP contribution < -0.4 is 5.32 Å². The molecule has 2 atom stereocenters. The Hall–Kier alpha value is -0.870. The molecule has 4 heteroatoms. The van der Waals surface area contributed by atoms with Crippen molar-refractivity contribution in [1.82, 2.24) is 5.32 Å². The zero-order valence-corrected chi connectivity index (χ0v) is 12.1. The summed E-state index contributed by atoms with van der Waals surface area (Å²) in [5.74, 6) is 0.218. The lowest BCUT2D eigenvalue weighted by Crippen LogP contribution is -2.46. The fourth-order valence-electron chi connectivity index (χ4n) is 2.24. The Morgan fingerprint density at radius 1 is 1.56 bits per heavy atom. The van der Waals surface area contributed by atoms with Crippen LogP contribution in [0.15, 0.2) is 28.7 Å². The van der Waals surface area contributed by atoms with Gasteiger partial charge in [-0.15, -0.1) is 0 Å². The Labute approximate surface area is 116 Å². The summed E-state index contributed by atoms with van der Waals surface area (Å²) in [4.78, 5) is 12.0. The molecule has 1 aromatic rings. The summed E-state index contributed by atoms with van der Waals surface area (Å²) in [5.41, 5.74) is 1.00. The van der Waals surface area contributed by atoms with Crippen molar-refractivity contribution in [3.8, 4) is 0 Å². The quantitative estimate of drug-likeness (QED) is 0.872. The van der Waals surface area contributed by atoms with Gasteiger partial charge in [-0.25, -0.2) is 0 Å². The Morgan fingerprint density at radius 2 is 2.39 bits per heavy atom. The van der Waals surface area contributed by atoms with E-state index in [1.807, 2.05) is 24.3 Å². The van der Waals surface area contributed by atoms with E-state index in [9.17, 15) is 4.79 Å². The van der Waals surface area contributed by atoms with Crippen molar-refractivity contribution >= 4 is 21.9 Å². The molecule has 1 N–H and O–H groups in total. The Kier molecular flexibility index (Phi) is 4.78. The average molecular weight is 312 g/mol. The van der Waals surface area contributed by atoms with Crippen molar-refractivity contribution in [3.05, 3.63) is 34.3 Å². The number of nitrogens with one attached hydrogen (secondary N) is 1. The van der Waals surface area contributed by atoms with E-state index in [0.29, 0.717) is 12.5 Å². The highest BCUT2D eigenvalue weighted by Crippen LogP contribution is 2.18. The number of hydrogen-bond acceptors (Lipinski definition) is 3. The van der Waals surface area contributed by atoms with Crippen LogP contribution in [-0.4, -0.2) is 18.6 Å². The normalized spacial score (nSPS) is 23.7. The molecule has 1 saturated heterocycles. The summed E-state index contributed by atoms with van der Waals surface area (Å²) in [5, 5.41) is 3.23. The minimum Gasteiger partial charge on any atom is -0.460 e. The fraction of sp³-hybridized carbons (Fsp3) is 0.500. The van der Waals surface area contributed by atoms with Gasteiger partial charge < -0.3 is 10.1 Å². The van der Waals surface area contributed by atoms with Gasteiger partial charge >= 0.3 is 5.97 Å². The fourth-order valence-corrected chi connectivity index (χ4v) is 2.68. The van der Waals surface area contributed by atoms with E-state index in [-0.39, 0.29) is 12.0 Å². The number of hydrogen-bond donors (Lipinski definition) is 1. The van der Waals surface area contributed by atoms with E-state index in [1.165, 1.54) is 0 Å². The van der Waals surface area contributed by atoms with Crippen molar-refractivity contribution in [2.24, 2.45) is 5.92 Å². The molecule has 2 unspecified atom stereocenters. The predicted octanol–water partition coefficient (Wildman–Crippen LogP) is 2.88. The number of carbonyl (C=O) groups excluding carboxylic acids is 1. The molecule has 0 aromatic heterocycles. The second-order valence-corrected chi connectivity index (χ2v) is 5.70. The summed E-state index contributed by atoms with van der Waals surface area (Å²) < 4.78 is 6.37. The van der Waals surface area contributed by atoms with Crippen LogP contribution in [0.3, 0.4) is 0 Å². The minimum absolute atomic E-state index is 0.137. The van der Waals surface area contributed by atoms with E-state index in [1.54, 1.807) is 0 Å². The molecule has 2 rings (SSSR count). The molecule has 3 nitrogen and oxygen atoms in total. The van der Waals surface area contributed by atoms with Crippen molar-refractivity contribution in [2.45, 2.75) is 32.4 Å². The second-order valence-electron chi connectivity index (χ2n) is 4.79. The molecule has 0 amide bonds. The number of carbonyl (C=O) groups is 1. The van der Waals surface area contributed by atoms with E-state index < -0.39 is 0 Å². The van der Waals surface area contributed by atoms with Gasteiger partial charge in [-0.3, -0.25) is 4.79 Å². The molecular weight excluding hydrogens is 294 g/mol. The van der Waals surface area contributed by atoms with Crippen LogP contribution in [-0.2, 0) is 16.1 Å². The van der Waals surface area contributed by atoms with Crippen LogP contribution in [0.5, 0.6) is 0 Å². The largest absolute Gasteiger partial charge is 0.460 e. The summed E-state index contributed by atoms with van der Waals surface area (Å²) >= 11 is 3.40. The van der Waals surface area contributed by atoms with Gasteiger partial charge in [0.15, 0.2) is 0 Å². The first kappa shape index (κ1) is 13.6. The molecule has 1 aliphatic rings. The zero-order chi connectivity index (χ0) is 13.0. The molecule has 0 aliphatic carbocycles. The van der Waals surface area contributed by atoms with Crippen LogP contribution in [0.25, 0.3) is 0 Å². The number of ether oxygens (including phenoxy) is 1. The van der Waals surface area contributed by atoms with Crippen molar-refractivity contribution < 1.29 is 9.53 Å². The molecule has 1 fully saturated rings. The standard InChI is InChI=1S/C14H18BrNO2/c1-10-4-3-7-16-13(10)14(17)18-9-11-5-2-6-12(15)8-11/h2,5-6,8,10,13,16H,3-4,7,9H2,1H3. The van der Waals surface area contributed by atoms with E-state index in [4.69, 9.17) is 4.74 Å². The van der Waals surface area contributed by atoms with Crippen LogP contribution in [0, 0.1) is 5.92 Å². The van der Waals surface area contributed by atoms with Gasteiger partial charge in [0.25, 0.3) is 0 Å². The molecule has 1 aromatic carbocycles. The second kappa shape index (κ2) is 6.34. The number of halogens is 1. The smallest absolute Gasteiger partial charge is 0.323 e. The lowest BCUT2D eigenvalue weighted by atomic mass is 9.93. The first-order chi connectivity index (χ1) is 8.66. The minimum atomic E-state index is -0.147. The molecule has 0 spiro atoms. The first-order valence-electron chi connectivity index (χ1n) is 6.31. The van der Waals surface area contributed by atoms with Crippen molar-refractivity contribution in [2.75, 3.05) is 6.54 Å². The molecule has 98 valence electrons. The monoisotopic (exact) mass is 311 g/mol. The van der Waals surface area contributed by atoms with Gasteiger partial charge in [-0.1, -0.05) is 35.0 Å². The molecule has 1 heterocycles. The third-order valence-electron chi connectivity index (χ3n) is 3.29. The van der Waals surface area contributed by atoms with Crippen molar-refractivity contribution in [1.29, 1.82) is 0 Å². The third kappa shape index (κ3) is 3.56. The summed E-state index contributed by atoms with van der Waals surface area (Å²) in [7, 11) is 0. The lowest BCUT2D eigenvalue weighted by Gasteiger charge is -2.28. The highest BCUT2D eigenvalue weighted by atomic mass is 79.9. The van der Waals surface area contributed by atoms with Crippen LogP contribution >= 0.6 is 15.9 Å². The summed E-state index contributed by atoms with van der Waals surface area (Å²) in [6, 6.07) is 7.66. The molecule has 18 heavy (non-hydrogen) atoms. The molecule has 0 saturated carbocycles. The maximum absolute atomic E-state index is 12.0. The Morgan fingerprint density at radius 3 is 3.11 bits per heavy atom. The highest BCUT2D eigenvalue weighted by Gasteiger charge is 2.28. The number of esters is 1. The van der Waals surface area contributed by atoms with Gasteiger partial charge in [0.2, 0.25) is 0 Å².